The number of rotatable bonds is 5. The Morgan fingerprint density at radius 1 is 1.32 bits per heavy atom. The Balaban J connectivity index is 1.71. The average Bonchev–Trinajstić information content (AvgIpc) is 3.08. The number of benzene rings is 1. The van der Waals surface area contributed by atoms with Crippen LogP contribution in [0.15, 0.2) is 24.3 Å². The molecule has 1 aromatic carbocycles. The van der Waals surface area contributed by atoms with Crippen LogP contribution in [0.5, 0.6) is 0 Å². The van der Waals surface area contributed by atoms with Gasteiger partial charge in [-0.25, -0.2) is 9.97 Å². The van der Waals surface area contributed by atoms with Gasteiger partial charge in [-0.05, 0) is 44.0 Å². The van der Waals surface area contributed by atoms with Crippen molar-refractivity contribution < 1.29 is 9.53 Å². The summed E-state index contributed by atoms with van der Waals surface area (Å²) < 4.78 is 5.50. The lowest BCUT2D eigenvalue weighted by molar-refractivity contribution is 0.0853. The Bertz CT molecular complexity index is 779. The predicted octanol–water partition coefficient (Wildman–Crippen LogP) is 3.74. The standard InChI is InChI=1S/C17H18Cl2N4O2/c1-10-7-15(16(24)20-9-12-3-2-6-25-12)23-17(21-10)22-14-5-4-11(18)8-13(14)19/h4-5,7-8,12H,2-3,6,9H2,1H3,(H,20,24)(H,21,22,23). The zero-order chi connectivity index (χ0) is 17.8. The van der Waals surface area contributed by atoms with Crippen molar-refractivity contribution in [3.63, 3.8) is 0 Å². The minimum absolute atomic E-state index is 0.0809. The molecular formula is C17H18Cl2N4O2. The van der Waals surface area contributed by atoms with Crippen LogP contribution in [0.1, 0.15) is 29.0 Å². The van der Waals surface area contributed by atoms with Crippen molar-refractivity contribution in [3.05, 3.63) is 45.7 Å². The second kappa shape index (κ2) is 7.99. The minimum atomic E-state index is -0.258. The molecule has 2 heterocycles. The number of hydrogen-bond acceptors (Lipinski definition) is 5. The summed E-state index contributed by atoms with van der Waals surface area (Å²) in [6.07, 6.45) is 2.07. The van der Waals surface area contributed by atoms with E-state index in [1.165, 1.54) is 0 Å². The van der Waals surface area contributed by atoms with E-state index in [-0.39, 0.29) is 17.7 Å². The van der Waals surface area contributed by atoms with E-state index in [1.807, 2.05) is 0 Å². The molecule has 0 radical (unpaired) electrons. The zero-order valence-corrected chi connectivity index (χ0v) is 15.2. The molecule has 132 valence electrons. The zero-order valence-electron chi connectivity index (χ0n) is 13.7. The Morgan fingerprint density at radius 3 is 2.88 bits per heavy atom. The summed E-state index contributed by atoms with van der Waals surface area (Å²) in [6.45, 7) is 3.03. The minimum Gasteiger partial charge on any atom is -0.376 e. The van der Waals surface area contributed by atoms with E-state index in [9.17, 15) is 4.79 Å². The average molecular weight is 381 g/mol. The Hall–Kier alpha value is -1.89. The van der Waals surface area contributed by atoms with Crippen LogP contribution in [0, 0.1) is 6.92 Å². The van der Waals surface area contributed by atoms with Crippen molar-refractivity contribution in [3.8, 4) is 0 Å². The lowest BCUT2D eigenvalue weighted by Crippen LogP contribution is -2.32. The first-order valence-corrected chi connectivity index (χ1v) is 8.74. The molecule has 1 amide bonds. The predicted molar refractivity (Wildman–Crippen MR) is 97.8 cm³/mol. The lowest BCUT2D eigenvalue weighted by Gasteiger charge is -2.12. The van der Waals surface area contributed by atoms with Crippen LogP contribution in [-0.2, 0) is 4.74 Å². The van der Waals surface area contributed by atoms with Crippen LogP contribution in [0.4, 0.5) is 11.6 Å². The van der Waals surface area contributed by atoms with Crippen LogP contribution in [0.25, 0.3) is 0 Å². The summed E-state index contributed by atoms with van der Waals surface area (Å²) in [5.74, 6) is 0.0396. The monoisotopic (exact) mass is 380 g/mol. The van der Waals surface area contributed by atoms with Gasteiger partial charge in [0.15, 0.2) is 0 Å². The second-order valence-corrected chi connectivity index (χ2v) is 6.66. The maximum Gasteiger partial charge on any atom is 0.270 e. The number of nitrogens with one attached hydrogen (secondary N) is 2. The number of nitrogens with zero attached hydrogens (tertiary/aromatic N) is 2. The van der Waals surface area contributed by atoms with Gasteiger partial charge >= 0.3 is 0 Å². The molecule has 0 aliphatic carbocycles. The number of hydrogen-bond donors (Lipinski definition) is 2. The highest BCUT2D eigenvalue weighted by Crippen LogP contribution is 2.27. The molecule has 1 saturated heterocycles. The molecule has 1 aromatic heterocycles. The molecule has 0 saturated carbocycles. The van der Waals surface area contributed by atoms with Crippen molar-refractivity contribution in [2.45, 2.75) is 25.9 Å². The molecule has 25 heavy (non-hydrogen) atoms. The SMILES string of the molecule is Cc1cc(C(=O)NCC2CCCO2)nc(Nc2ccc(Cl)cc2Cl)n1. The van der Waals surface area contributed by atoms with Crippen LogP contribution >= 0.6 is 23.2 Å². The number of carbonyl (C=O) groups is 1. The highest BCUT2D eigenvalue weighted by molar-refractivity contribution is 6.36. The molecule has 1 fully saturated rings. The van der Waals surface area contributed by atoms with Gasteiger partial charge in [-0.15, -0.1) is 0 Å². The summed E-state index contributed by atoms with van der Waals surface area (Å²) in [7, 11) is 0. The third kappa shape index (κ3) is 4.81. The van der Waals surface area contributed by atoms with Crippen molar-refractivity contribution in [1.82, 2.24) is 15.3 Å². The number of aryl methyl sites for hydroxylation is 1. The van der Waals surface area contributed by atoms with Gasteiger partial charge in [0.2, 0.25) is 5.95 Å². The normalized spacial score (nSPS) is 16.7. The molecule has 2 aromatic rings. The fraction of sp³-hybridized carbons (Fsp3) is 0.353. The highest BCUT2D eigenvalue weighted by Gasteiger charge is 2.18. The summed E-state index contributed by atoms with van der Waals surface area (Å²) >= 11 is 12.0. The molecule has 1 aliphatic heterocycles. The number of anilines is 2. The van der Waals surface area contributed by atoms with Crippen LogP contribution < -0.4 is 10.6 Å². The van der Waals surface area contributed by atoms with Gasteiger partial charge in [0.05, 0.1) is 16.8 Å². The summed E-state index contributed by atoms with van der Waals surface area (Å²) in [4.78, 5) is 20.9. The Morgan fingerprint density at radius 2 is 2.16 bits per heavy atom. The number of ether oxygens (including phenoxy) is 1. The molecule has 3 rings (SSSR count). The molecule has 1 aliphatic rings. The summed E-state index contributed by atoms with van der Waals surface area (Å²) in [6, 6.07) is 6.70. The van der Waals surface area contributed by atoms with E-state index in [2.05, 4.69) is 20.6 Å². The van der Waals surface area contributed by atoms with Crippen LogP contribution in [-0.4, -0.2) is 35.1 Å². The fourth-order valence-corrected chi connectivity index (χ4v) is 3.01. The quantitative estimate of drug-likeness (QED) is 0.825. The number of halogens is 2. The van der Waals surface area contributed by atoms with E-state index in [0.29, 0.717) is 33.9 Å². The van der Waals surface area contributed by atoms with Gasteiger partial charge in [0, 0.05) is 23.9 Å². The van der Waals surface area contributed by atoms with E-state index in [4.69, 9.17) is 27.9 Å². The number of amides is 1. The smallest absolute Gasteiger partial charge is 0.270 e. The van der Waals surface area contributed by atoms with Crippen LogP contribution in [0.3, 0.4) is 0 Å². The Kier molecular flexibility index (Phi) is 5.73. The van der Waals surface area contributed by atoms with Gasteiger partial charge in [-0.1, -0.05) is 23.2 Å². The molecule has 6 nitrogen and oxygen atoms in total. The van der Waals surface area contributed by atoms with E-state index in [1.54, 1.807) is 31.2 Å². The molecule has 1 atom stereocenters. The van der Waals surface area contributed by atoms with Crippen molar-refractivity contribution in [1.29, 1.82) is 0 Å². The topological polar surface area (TPSA) is 76.1 Å². The first kappa shape index (κ1) is 17.9. The van der Waals surface area contributed by atoms with Crippen LogP contribution in [0.2, 0.25) is 10.0 Å². The lowest BCUT2D eigenvalue weighted by atomic mass is 10.2. The van der Waals surface area contributed by atoms with Gasteiger partial charge in [-0.3, -0.25) is 4.79 Å². The highest BCUT2D eigenvalue weighted by atomic mass is 35.5. The summed E-state index contributed by atoms with van der Waals surface area (Å²) in [5.41, 5.74) is 1.57. The molecule has 8 heteroatoms. The van der Waals surface area contributed by atoms with Crippen molar-refractivity contribution in [2.75, 3.05) is 18.5 Å². The number of aromatic nitrogens is 2. The fourth-order valence-electron chi connectivity index (χ4n) is 2.55. The molecule has 2 N–H and O–H groups in total. The van der Waals surface area contributed by atoms with Gasteiger partial charge in [0.25, 0.3) is 5.91 Å². The number of carbonyl (C=O) groups excluding carboxylic acids is 1. The largest absolute Gasteiger partial charge is 0.376 e. The third-order valence-corrected chi connectivity index (χ3v) is 4.33. The maximum atomic E-state index is 12.3. The summed E-state index contributed by atoms with van der Waals surface area (Å²) in [5, 5.41) is 6.85. The first-order chi connectivity index (χ1) is 12.0. The third-order valence-electron chi connectivity index (χ3n) is 3.78. The molecule has 1 unspecified atom stereocenters. The second-order valence-electron chi connectivity index (χ2n) is 5.81. The van der Waals surface area contributed by atoms with Gasteiger partial charge in [0.1, 0.15) is 5.69 Å². The van der Waals surface area contributed by atoms with E-state index < -0.39 is 0 Å². The van der Waals surface area contributed by atoms with Crippen molar-refractivity contribution >= 4 is 40.7 Å². The first-order valence-electron chi connectivity index (χ1n) is 7.99. The van der Waals surface area contributed by atoms with Gasteiger partial charge in [-0.2, -0.15) is 0 Å². The maximum absolute atomic E-state index is 12.3. The van der Waals surface area contributed by atoms with E-state index >= 15 is 0 Å². The van der Waals surface area contributed by atoms with Crippen molar-refractivity contribution in [2.24, 2.45) is 0 Å². The Labute approximate surface area is 155 Å². The molecular weight excluding hydrogens is 363 g/mol. The molecule has 0 bridgehead atoms. The van der Waals surface area contributed by atoms with E-state index in [0.717, 1.165) is 19.4 Å². The van der Waals surface area contributed by atoms with Gasteiger partial charge < -0.3 is 15.4 Å². The molecule has 0 spiro atoms.